The molecule has 0 aliphatic heterocycles. The van der Waals surface area contributed by atoms with Crippen LogP contribution < -0.4 is 5.56 Å². The van der Waals surface area contributed by atoms with E-state index in [9.17, 15) is 9.59 Å². The van der Waals surface area contributed by atoms with Gasteiger partial charge in [0.05, 0.1) is 18.3 Å². The van der Waals surface area contributed by atoms with Gasteiger partial charge in [-0.2, -0.15) is 0 Å². The van der Waals surface area contributed by atoms with Crippen LogP contribution in [0.4, 0.5) is 0 Å². The zero-order valence-electron chi connectivity index (χ0n) is 16.9. The maximum atomic E-state index is 13.1. The summed E-state index contributed by atoms with van der Waals surface area (Å²) >= 11 is 1.64. The van der Waals surface area contributed by atoms with E-state index in [1.165, 1.54) is 21.3 Å². The van der Waals surface area contributed by atoms with Gasteiger partial charge in [-0.15, -0.1) is 11.3 Å². The Balaban J connectivity index is 1.64. The van der Waals surface area contributed by atoms with Gasteiger partial charge in [-0.3, -0.25) is 14.2 Å². The van der Waals surface area contributed by atoms with Gasteiger partial charge in [0.25, 0.3) is 5.56 Å². The lowest BCUT2D eigenvalue weighted by Gasteiger charge is -2.19. The smallest absolute Gasteiger partial charge is 0.262 e. The second-order valence-corrected chi connectivity index (χ2v) is 10.0. The van der Waals surface area contributed by atoms with Crippen molar-refractivity contribution in [2.75, 3.05) is 0 Å². The highest BCUT2D eigenvalue weighted by Gasteiger charge is 2.23. The van der Waals surface area contributed by atoms with E-state index in [0.29, 0.717) is 11.5 Å². The SMILES string of the molecule is C[C@H]1CCc2c(sc3ncn(CC(=O)c4ccc(C(C)(C)C)cc4)c(=O)c23)C1. The third kappa shape index (κ3) is 3.44. The van der Waals surface area contributed by atoms with E-state index in [1.54, 1.807) is 11.3 Å². The fourth-order valence-corrected chi connectivity index (χ4v) is 5.22. The number of Topliss-reactive ketones (excluding diaryl/α,β-unsaturated/α-hetero) is 1. The Morgan fingerprint density at radius 3 is 2.64 bits per heavy atom. The average Bonchev–Trinajstić information content (AvgIpc) is 3.01. The first-order chi connectivity index (χ1) is 13.2. The van der Waals surface area contributed by atoms with E-state index < -0.39 is 0 Å². The average molecular weight is 395 g/mol. The van der Waals surface area contributed by atoms with Crippen LogP contribution in [0.3, 0.4) is 0 Å². The van der Waals surface area contributed by atoms with Crippen LogP contribution in [0.2, 0.25) is 0 Å². The summed E-state index contributed by atoms with van der Waals surface area (Å²) in [6.07, 6.45) is 4.58. The highest BCUT2D eigenvalue weighted by atomic mass is 32.1. The van der Waals surface area contributed by atoms with Crippen LogP contribution in [0.1, 0.15) is 60.5 Å². The molecule has 2 heterocycles. The number of benzene rings is 1. The molecule has 146 valence electrons. The molecule has 0 spiro atoms. The summed E-state index contributed by atoms with van der Waals surface area (Å²) in [5.41, 5.74) is 2.93. The highest BCUT2D eigenvalue weighted by Crippen LogP contribution is 2.35. The van der Waals surface area contributed by atoms with Crippen LogP contribution >= 0.6 is 11.3 Å². The number of carbonyl (C=O) groups excluding carboxylic acids is 1. The van der Waals surface area contributed by atoms with Crippen LogP contribution in [-0.4, -0.2) is 15.3 Å². The molecule has 1 aromatic carbocycles. The van der Waals surface area contributed by atoms with E-state index in [0.717, 1.165) is 35.0 Å². The van der Waals surface area contributed by atoms with Crippen molar-refractivity contribution in [2.24, 2.45) is 5.92 Å². The maximum Gasteiger partial charge on any atom is 0.262 e. The minimum absolute atomic E-state index is 0.0255. The van der Waals surface area contributed by atoms with Gasteiger partial charge in [0.2, 0.25) is 0 Å². The van der Waals surface area contributed by atoms with Crippen molar-refractivity contribution in [1.82, 2.24) is 9.55 Å². The highest BCUT2D eigenvalue weighted by molar-refractivity contribution is 7.18. The van der Waals surface area contributed by atoms with Gasteiger partial charge in [0.15, 0.2) is 5.78 Å². The number of rotatable bonds is 3. The fourth-order valence-electron chi connectivity index (χ4n) is 3.88. The number of hydrogen-bond acceptors (Lipinski definition) is 4. The number of fused-ring (bicyclic) bond motifs is 3. The van der Waals surface area contributed by atoms with E-state index in [-0.39, 0.29) is 23.3 Å². The summed E-state index contributed by atoms with van der Waals surface area (Å²) in [5.74, 6) is 0.585. The minimum atomic E-state index is -0.0864. The number of aromatic nitrogens is 2. The number of nitrogens with zero attached hydrogens (tertiary/aromatic N) is 2. The zero-order valence-corrected chi connectivity index (χ0v) is 17.7. The molecule has 0 fully saturated rings. The molecule has 3 aromatic rings. The van der Waals surface area contributed by atoms with Crippen LogP contribution in [0.25, 0.3) is 10.2 Å². The van der Waals surface area contributed by atoms with Gasteiger partial charge in [-0.25, -0.2) is 4.98 Å². The quantitative estimate of drug-likeness (QED) is 0.602. The van der Waals surface area contributed by atoms with Crippen molar-refractivity contribution < 1.29 is 4.79 Å². The number of aryl methyl sites for hydroxylation is 1. The molecule has 4 nitrogen and oxygen atoms in total. The third-order valence-corrected chi connectivity index (χ3v) is 6.83. The van der Waals surface area contributed by atoms with E-state index >= 15 is 0 Å². The lowest BCUT2D eigenvalue weighted by atomic mass is 9.86. The number of thiophene rings is 1. The van der Waals surface area contributed by atoms with Gasteiger partial charge in [-0.1, -0.05) is 52.0 Å². The molecule has 28 heavy (non-hydrogen) atoms. The molecular formula is C23H26N2O2S. The molecule has 0 bridgehead atoms. The third-order valence-electron chi connectivity index (χ3n) is 5.67. The van der Waals surface area contributed by atoms with Crippen molar-refractivity contribution >= 4 is 27.3 Å². The summed E-state index contributed by atoms with van der Waals surface area (Å²) in [6.45, 7) is 8.71. The van der Waals surface area contributed by atoms with Gasteiger partial charge >= 0.3 is 0 Å². The van der Waals surface area contributed by atoms with Crippen LogP contribution in [0, 0.1) is 5.92 Å². The zero-order chi connectivity index (χ0) is 20.1. The van der Waals surface area contributed by atoms with Gasteiger partial charge in [0.1, 0.15) is 4.83 Å². The molecular weight excluding hydrogens is 368 g/mol. The van der Waals surface area contributed by atoms with Crippen molar-refractivity contribution in [1.29, 1.82) is 0 Å². The Morgan fingerprint density at radius 1 is 1.25 bits per heavy atom. The summed E-state index contributed by atoms with van der Waals surface area (Å²) in [6, 6.07) is 7.70. The van der Waals surface area contributed by atoms with Crippen molar-refractivity contribution in [3.05, 3.63) is 62.5 Å². The molecule has 0 radical (unpaired) electrons. The Kier molecular flexibility index (Phi) is 4.74. The number of ketones is 1. The van der Waals surface area contributed by atoms with E-state index in [2.05, 4.69) is 32.7 Å². The Bertz CT molecular complexity index is 1100. The predicted molar refractivity (Wildman–Crippen MR) is 115 cm³/mol. The molecule has 0 saturated heterocycles. The Hall–Kier alpha value is -2.27. The topological polar surface area (TPSA) is 52.0 Å². The Labute approximate surface area is 169 Å². The first kappa shape index (κ1) is 19.1. The number of hydrogen-bond donors (Lipinski definition) is 0. The first-order valence-corrected chi connectivity index (χ1v) is 10.7. The van der Waals surface area contributed by atoms with Gasteiger partial charge in [0, 0.05) is 10.4 Å². The van der Waals surface area contributed by atoms with Crippen molar-refractivity contribution in [2.45, 2.75) is 58.9 Å². The normalized spacial score (nSPS) is 16.9. The summed E-state index contributed by atoms with van der Waals surface area (Å²) in [5, 5.41) is 0.727. The lowest BCUT2D eigenvalue weighted by molar-refractivity contribution is 0.0970. The van der Waals surface area contributed by atoms with Crippen LogP contribution in [0.15, 0.2) is 35.4 Å². The Morgan fingerprint density at radius 2 is 1.96 bits per heavy atom. The first-order valence-electron chi connectivity index (χ1n) is 9.87. The van der Waals surface area contributed by atoms with Crippen molar-refractivity contribution in [3.63, 3.8) is 0 Å². The molecule has 5 heteroatoms. The second-order valence-electron chi connectivity index (χ2n) is 8.96. The second kappa shape index (κ2) is 6.96. The molecule has 0 N–H and O–H groups in total. The van der Waals surface area contributed by atoms with Gasteiger partial charge < -0.3 is 0 Å². The molecule has 2 aromatic heterocycles. The number of carbonyl (C=O) groups is 1. The largest absolute Gasteiger partial charge is 0.292 e. The molecule has 4 rings (SSSR count). The molecule has 0 amide bonds. The van der Waals surface area contributed by atoms with E-state index in [4.69, 9.17) is 0 Å². The lowest BCUT2D eigenvalue weighted by Crippen LogP contribution is -2.25. The van der Waals surface area contributed by atoms with Crippen molar-refractivity contribution in [3.8, 4) is 0 Å². The molecule has 0 unspecified atom stereocenters. The summed E-state index contributed by atoms with van der Waals surface area (Å²) in [4.78, 5) is 32.4. The fraction of sp³-hybridized carbons (Fsp3) is 0.435. The predicted octanol–water partition coefficient (Wildman–Crippen LogP) is 4.76. The standard InChI is InChI=1S/C23H26N2O2S/c1-14-5-10-17-19(11-14)28-21-20(17)22(27)25(13-24-21)12-18(26)15-6-8-16(9-7-15)23(2,3)4/h6-9,13-14H,5,10-12H2,1-4H3/t14-/m0/s1. The maximum absolute atomic E-state index is 13.1. The summed E-state index contributed by atoms with van der Waals surface area (Å²) in [7, 11) is 0. The summed E-state index contributed by atoms with van der Waals surface area (Å²) < 4.78 is 1.47. The van der Waals surface area contributed by atoms with Crippen LogP contribution in [0.5, 0.6) is 0 Å². The molecule has 1 atom stereocenters. The van der Waals surface area contributed by atoms with Gasteiger partial charge in [-0.05, 0) is 41.7 Å². The van der Waals surface area contributed by atoms with E-state index in [1.807, 2.05) is 24.3 Å². The van der Waals surface area contributed by atoms with Crippen LogP contribution in [-0.2, 0) is 24.8 Å². The molecule has 1 aliphatic rings. The minimum Gasteiger partial charge on any atom is -0.292 e. The monoisotopic (exact) mass is 394 g/mol. The molecule has 0 saturated carbocycles. The molecule has 1 aliphatic carbocycles.